The predicted molar refractivity (Wildman–Crippen MR) is 129 cm³/mol. The molecule has 0 spiro atoms. The van der Waals surface area contributed by atoms with Gasteiger partial charge in [-0.15, -0.1) is 0 Å². The fourth-order valence-corrected chi connectivity index (χ4v) is 3.78. The van der Waals surface area contributed by atoms with E-state index < -0.39 is 0 Å². The lowest BCUT2D eigenvalue weighted by molar-refractivity contribution is 0.301. The quantitative estimate of drug-likeness (QED) is 0.282. The lowest BCUT2D eigenvalue weighted by Gasteiger charge is -2.21. The van der Waals surface area contributed by atoms with Crippen molar-refractivity contribution in [1.29, 1.82) is 0 Å². The number of halogens is 1. The van der Waals surface area contributed by atoms with E-state index in [0.29, 0.717) is 18.4 Å². The van der Waals surface area contributed by atoms with E-state index in [2.05, 4.69) is 65.2 Å². The van der Waals surface area contributed by atoms with Crippen LogP contribution in [0.25, 0.3) is 11.1 Å². The number of aromatic nitrogens is 3. The van der Waals surface area contributed by atoms with Crippen molar-refractivity contribution in [2.24, 2.45) is 5.92 Å². The number of benzene rings is 2. The average Bonchev–Trinajstić information content (AvgIpc) is 2.84. The first-order valence-electron chi connectivity index (χ1n) is 10.8. The standard InChI is InChI=1S/C27H26ClN3O/c1-19(15-21-6-12-26(13-7-21)32-18-25-5-3-4-14-29-25)20(2)22-8-10-23(11-9-22)24-16-30-27(28)31-17-24/h3-14,16-17,19-20H,15,18H2,1-2H3. The van der Waals surface area contributed by atoms with Gasteiger partial charge in [0.05, 0.1) is 5.69 Å². The summed E-state index contributed by atoms with van der Waals surface area (Å²) in [5.41, 5.74) is 5.61. The number of nitrogens with zero attached hydrogens (tertiary/aromatic N) is 3. The van der Waals surface area contributed by atoms with Gasteiger partial charge < -0.3 is 4.74 Å². The molecule has 4 aromatic rings. The molecule has 0 N–H and O–H groups in total. The van der Waals surface area contributed by atoms with Crippen molar-refractivity contribution < 1.29 is 4.74 Å². The lowest BCUT2D eigenvalue weighted by Crippen LogP contribution is -2.09. The van der Waals surface area contributed by atoms with Crippen LogP contribution in [0.4, 0.5) is 0 Å². The summed E-state index contributed by atoms with van der Waals surface area (Å²) in [6, 6.07) is 22.9. The average molecular weight is 444 g/mol. The Hall–Kier alpha value is -3.24. The summed E-state index contributed by atoms with van der Waals surface area (Å²) in [5, 5.41) is 0.264. The maximum Gasteiger partial charge on any atom is 0.222 e. The summed E-state index contributed by atoms with van der Waals surface area (Å²) in [6.45, 7) is 5.07. The molecule has 4 nitrogen and oxygen atoms in total. The molecule has 0 fully saturated rings. The van der Waals surface area contributed by atoms with E-state index >= 15 is 0 Å². The molecule has 162 valence electrons. The topological polar surface area (TPSA) is 47.9 Å². The van der Waals surface area contributed by atoms with Gasteiger partial charge in [0.2, 0.25) is 5.28 Å². The first-order valence-corrected chi connectivity index (χ1v) is 11.2. The highest BCUT2D eigenvalue weighted by Gasteiger charge is 2.15. The molecule has 2 aromatic carbocycles. The molecule has 0 saturated heterocycles. The number of hydrogen-bond donors (Lipinski definition) is 0. The summed E-state index contributed by atoms with van der Waals surface area (Å²) in [5.74, 6) is 1.80. The van der Waals surface area contributed by atoms with Gasteiger partial charge in [0.25, 0.3) is 0 Å². The van der Waals surface area contributed by atoms with Crippen LogP contribution in [0, 0.1) is 5.92 Å². The first kappa shape index (κ1) is 22.0. The molecule has 0 radical (unpaired) electrons. The largest absolute Gasteiger partial charge is 0.487 e. The number of hydrogen-bond acceptors (Lipinski definition) is 4. The van der Waals surface area contributed by atoms with Gasteiger partial charge >= 0.3 is 0 Å². The van der Waals surface area contributed by atoms with Gasteiger partial charge in [-0.2, -0.15) is 0 Å². The molecule has 5 heteroatoms. The molecule has 0 saturated carbocycles. The number of rotatable bonds is 8. The van der Waals surface area contributed by atoms with Crippen molar-refractivity contribution in [3.63, 3.8) is 0 Å². The molecule has 0 aliphatic rings. The third kappa shape index (κ3) is 5.71. The summed E-state index contributed by atoms with van der Waals surface area (Å²) in [7, 11) is 0. The Kier molecular flexibility index (Phi) is 7.13. The smallest absolute Gasteiger partial charge is 0.222 e. The molecule has 0 bridgehead atoms. The SMILES string of the molecule is CC(Cc1ccc(OCc2ccccn2)cc1)C(C)c1ccc(-c2cnc(Cl)nc2)cc1. The molecular formula is C27H26ClN3O. The Balaban J connectivity index is 1.33. The van der Waals surface area contributed by atoms with E-state index in [0.717, 1.165) is 29.0 Å². The minimum absolute atomic E-state index is 0.264. The van der Waals surface area contributed by atoms with Gasteiger partial charge in [-0.3, -0.25) is 4.98 Å². The van der Waals surface area contributed by atoms with Gasteiger partial charge in [0.1, 0.15) is 12.4 Å². The normalized spacial score (nSPS) is 12.8. The third-order valence-corrected chi connectivity index (χ3v) is 6.03. The highest BCUT2D eigenvalue weighted by molar-refractivity contribution is 6.28. The van der Waals surface area contributed by atoms with E-state index in [1.807, 2.05) is 30.3 Å². The second-order valence-electron chi connectivity index (χ2n) is 8.09. The number of ether oxygens (including phenoxy) is 1. The van der Waals surface area contributed by atoms with Crippen LogP contribution in [0.1, 0.15) is 36.6 Å². The second-order valence-corrected chi connectivity index (χ2v) is 8.42. The maximum atomic E-state index is 5.84. The molecule has 0 amide bonds. The van der Waals surface area contributed by atoms with Crippen LogP contribution in [0.2, 0.25) is 5.28 Å². The Morgan fingerprint density at radius 1 is 0.812 bits per heavy atom. The Bertz CT molecular complexity index is 1110. The predicted octanol–water partition coefficient (Wildman–Crippen LogP) is 6.75. The Morgan fingerprint density at radius 3 is 2.19 bits per heavy atom. The zero-order valence-corrected chi connectivity index (χ0v) is 19.0. The molecule has 2 unspecified atom stereocenters. The van der Waals surface area contributed by atoms with Crippen LogP contribution in [0.15, 0.2) is 85.3 Å². The van der Waals surface area contributed by atoms with Gasteiger partial charge in [-0.05, 0) is 70.8 Å². The van der Waals surface area contributed by atoms with Crippen LogP contribution in [0.5, 0.6) is 5.75 Å². The Labute approximate surface area is 194 Å². The van der Waals surface area contributed by atoms with Gasteiger partial charge in [0, 0.05) is 24.2 Å². The van der Waals surface area contributed by atoms with Crippen molar-refractivity contribution in [2.45, 2.75) is 32.8 Å². The molecule has 2 aromatic heterocycles. The Morgan fingerprint density at radius 2 is 1.53 bits per heavy atom. The van der Waals surface area contributed by atoms with Gasteiger partial charge in [-0.1, -0.05) is 56.3 Å². The molecule has 4 rings (SSSR count). The molecule has 2 heterocycles. The molecular weight excluding hydrogens is 418 g/mol. The monoisotopic (exact) mass is 443 g/mol. The minimum Gasteiger partial charge on any atom is -0.487 e. The van der Waals surface area contributed by atoms with Crippen molar-refractivity contribution >= 4 is 11.6 Å². The lowest BCUT2D eigenvalue weighted by atomic mass is 9.84. The summed E-state index contributed by atoms with van der Waals surface area (Å²) in [6.07, 6.45) is 6.29. The summed E-state index contributed by atoms with van der Waals surface area (Å²) in [4.78, 5) is 12.4. The molecule has 2 atom stereocenters. The van der Waals surface area contributed by atoms with Crippen LogP contribution < -0.4 is 4.74 Å². The van der Waals surface area contributed by atoms with Gasteiger partial charge in [-0.25, -0.2) is 9.97 Å². The highest BCUT2D eigenvalue weighted by Crippen LogP contribution is 2.29. The number of pyridine rings is 1. The van der Waals surface area contributed by atoms with E-state index in [1.165, 1.54) is 11.1 Å². The fraction of sp³-hybridized carbons (Fsp3) is 0.222. The summed E-state index contributed by atoms with van der Waals surface area (Å²) < 4.78 is 5.84. The summed E-state index contributed by atoms with van der Waals surface area (Å²) >= 11 is 5.79. The van der Waals surface area contributed by atoms with Crippen LogP contribution >= 0.6 is 11.6 Å². The van der Waals surface area contributed by atoms with Gasteiger partial charge in [0.15, 0.2) is 0 Å². The second kappa shape index (κ2) is 10.4. The van der Waals surface area contributed by atoms with Crippen molar-refractivity contribution in [1.82, 2.24) is 15.0 Å². The van der Waals surface area contributed by atoms with Crippen LogP contribution in [0.3, 0.4) is 0 Å². The van der Waals surface area contributed by atoms with E-state index in [-0.39, 0.29) is 5.28 Å². The van der Waals surface area contributed by atoms with E-state index in [9.17, 15) is 0 Å². The highest BCUT2D eigenvalue weighted by atomic mass is 35.5. The van der Waals surface area contributed by atoms with Crippen molar-refractivity contribution in [2.75, 3.05) is 0 Å². The van der Waals surface area contributed by atoms with Crippen molar-refractivity contribution in [3.8, 4) is 16.9 Å². The first-order chi connectivity index (χ1) is 15.6. The third-order valence-electron chi connectivity index (χ3n) is 5.84. The molecule has 0 aliphatic heterocycles. The fourth-order valence-electron chi connectivity index (χ4n) is 3.68. The minimum atomic E-state index is 0.264. The maximum absolute atomic E-state index is 5.84. The molecule has 0 aliphatic carbocycles. The zero-order chi connectivity index (χ0) is 22.3. The van der Waals surface area contributed by atoms with Crippen LogP contribution in [-0.4, -0.2) is 15.0 Å². The molecule has 32 heavy (non-hydrogen) atoms. The van der Waals surface area contributed by atoms with Crippen LogP contribution in [-0.2, 0) is 13.0 Å². The van der Waals surface area contributed by atoms with E-state index in [4.69, 9.17) is 16.3 Å². The van der Waals surface area contributed by atoms with E-state index in [1.54, 1.807) is 18.6 Å². The van der Waals surface area contributed by atoms with Crippen molar-refractivity contribution in [3.05, 3.63) is 107 Å². The zero-order valence-electron chi connectivity index (χ0n) is 18.3.